The molecule has 0 aliphatic heterocycles. The van der Waals surface area contributed by atoms with Crippen molar-refractivity contribution in [3.8, 4) is 0 Å². The highest BCUT2D eigenvalue weighted by Gasteiger charge is 2.06. The maximum absolute atomic E-state index is 12.5. The van der Waals surface area contributed by atoms with Crippen LogP contribution >= 0.6 is 0 Å². The minimum atomic E-state index is -1.34. The van der Waals surface area contributed by atoms with E-state index in [0.29, 0.717) is 5.56 Å². The molecule has 0 aliphatic rings. The predicted octanol–water partition coefficient (Wildman–Crippen LogP) is 2.54. The van der Waals surface area contributed by atoms with E-state index in [-0.39, 0.29) is 0 Å². The van der Waals surface area contributed by atoms with Crippen LogP contribution in [0.1, 0.15) is 11.1 Å². The number of hydrogen-bond donors (Lipinski definition) is 0. The maximum Gasteiger partial charge on any atom is 0.419 e. The summed E-state index contributed by atoms with van der Waals surface area (Å²) in [4.78, 5) is 8.90. The summed E-state index contributed by atoms with van der Waals surface area (Å²) in [7, 11) is 0. The van der Waals surface area contributed by atoms with Gasteiger partial charge in [0.2, 0.25) is 0 Å². The van der Waals surface area contributed by atoms with Gasteiger partial charge in [-0.05, 0) is 12.5 Å². The SMILES string of the molecule is Cc1cccc(/C=C(\F)[N+](=O)[O-])c1. The fourth-order valence-corrected chi connectivity index (χ4v) is 0.950. The zero-order valence-electron chi connectivity index (χ0n) is 7.03. The standard InChI is InChI=1S/C9H8FNO2/c1-7-3-2-4-8(5-7)6-9(10)11(12)13/h2-6H,1H3/b9-6+. The molecule has 0 radical (unpaired) electrons. The highest BCUT2D eigenvalue weighted by Crippen LogP contribution is 2.10. The summed E-state index contributed by atoms with van der Waals surface area (Å²) in [6, 6.07) is 6.83. The van der Waals surface area contributed by atoms with Crippen molar-refractivity contribution < 1.29 is 9.31 Å². The molecule has 13 heavy (non-hydrogen) atoms. The third-order valence-electron chi connectivity index (χ3n) is 1.50. The highest BCUT2D eigenvalue weighted by atomic mass is 19.1. The van der Waals surface area contributed by atoms with Gasteiger partial charge in [-0.15, -0.1) is 4.39 Å². The smallest absolute Gasteiger partial charge is 0.256 e. The van der Waals surface area contributed by atoms with E-state index in [2.05, 4.69) is 0 Å². The first-order chi connectivity index (χ1) is 6.09. The summed E-state index contributed by atoms with van der Waals surface area (Å²) in [5.74, 6) is -1.34. The second-order valence-electron chi connectivity index (χ2n) is 2.64. The molecule has 0 bridgehead atoms. The molecular formula is C9H8FNO2. The molecule has 0 fully saturated rings. The Labute approximate surface area is 74.7 Å². The van der Waals surface area contributed by atoms with E-state index >= 15 is 0 Å². The van der Waals surface area contributed by atoms with Crippen LogP contribution in [0.4, 0.5) is 4.39 Å². The normalized spacial score (nSPS) is 11.4. The molecule has 0 N–H and O–H groups in total. The van der Waals surface area contributed by atoms with Crippen LogP contribution in [-0.4, -0.2) is 4.92 Å². The molecular weight excluding hydrogens is 173 g/mol. The van der Waals surface area contributed by atoms with Gasteiger partial charge in [-0.25, -0.2) is 0 Å². The predicted molar refractivity (Wildman–Crippen MR) is 47.3 cm³/mol. The van der Waals surface area contributed by atoms with Crippen molar-refractivity contribution in [2.24, 2.45) is 0 Å². The molecule has 1 rings (SSSR count). The number of rotatable bonds is 2. The first kappa shape index (κ1) is 9.38. The van der Waals surface area contributed by atoms with Crippen LogP contribution in [0.15, 0.2) is 30.2 Å². The van der Waals surface area contributed by atoms with E-state index in [0.717, 1.165) is 11.6 Å². The molecule has 0 heterocycles. The van der Waals surface area contributed by atoms with Crippen LogP contribution in [-0.2, 0) is 0 Å². The fraction of sp³-hybridized carbons (Fsp3) is 0.111. The monoisotopic (exact) mass is 181 g/mol. The summed E-state index contributed by atoms with van der Waals surface area (Å²) < 4.78 is 12.5. The Kier molecular flexibility index (Phi) is 2.74. The molecule has 1 aromatic rings. The van der Waals surface area contributed by atoms with Gasteiger partial charge in [0.25, 0.3) is 0 Å². The first-order valence-electron chi connectivity index (χ1n) is 3.68. The fourth-order valence-electron chi connectivity index (χ4n) is 0.950. The summed E-state index contributed by atoms with van der Waals surface area (Å²) in [6.07, 6.45) is 0.896. The van der Waals surface area contributed by atoms with Crippen molar-refractivity contribution >= 4 is 6.08 Å². The van der Waals surface area contributed by atoms with Crippen LogP contribution in [0.5, 0.6) is 0 Å². The zero-order chi connectivity index (χ0) is 9.84. The van der Waals surface area contributed by atoms with Crippen molar-refractivity contribution in [2.45, 2.75) is 6.92 Å². The number of nitrogens with zero attached hydrogens (tertiary/aromatic N) is 1. The van der Waals surface area contributed by atoms with Gasteiger partial charge in [0, 0.05) is 0 Å². The molecule has 4 heteroatoms. The largest absolute Gasteiger partial charge is 0.419 e. The van der Waals surface area contributed by atoms with E-state index in [9.17, 15) is 14.5 Å². The van der Waals surface area contributed by atoms with Gasteiger partial charge in [0.1, 0.15) is 0 Å². The number of halogens is 1. The Morgan fingerprint density at radius 3 is 2.85 bits per heavy atom. The molecule has 0 spiro atoms. The highest BCUT2D eigenvalue weighted by molar-refractivity contribution is 5.50. The van der Waals surface area contributed by atoms with Crippen LogP contribution in [0, 0.1) is 17.0 Å². The molecule has 0 unspecified atom stereocenters. The Balaban J connectivity index is 2.97. The molecule has 0 saturated carbocycles. The summed E-state index contributed by atoms with van der Waals surface area (Å²) >= 11 is 0. The molecule has 0 aromatic heterocycles. The lowest BCUT2D eigenvalue weighted by Gasteiger charge is -1.93. The molecule has 0 amide bonds. The summed E-state index contributed by atoms with van der Waals surface area (Å²) in [5, 5.41) is 9.95. The van der Waals surface area contributed by atoms with Gasteiger partial charge in [-0.1, -0.05) is 29.8 Å². The third kappa shape index (κ3) is 2.66. The van der Waals surface area contributed by atoms with Crippen LogP contribution < -0.4 is 0 Å². The van der Waals surface area contributed by atoms with Gasteiger partial charge < -0.3 is 0 Å². The van der Waals surface area contributed by atoms with Crippen molar-refractivity contribution in [2.75, 3.05) is 0 Å². The van der Waals surface area contributed by atoms with E-state index < -0.39 is 10.9 Å². The Morgan fingerprint density at radius 2 is 2.31 bits per heavy atom. The Bertz CT molecular complexity index is 360. The summed E-state index contributed by atoms with van der Waals surface area (Å²) in [6.45, 7) is 1.83. The second-order valence-corrected chi connectivity index (χ2v) is 2.64. The molecule has 0 atom stereocenters. The van der Waals surface area contributed by atoms with Gasteiger partial charge in [0.05, 0.1) is 11.0 Å². The topological polar surface area (TPSA) is 43.1 Å². The van der Waals surface area contributed by atoms with Crippen molar-refractivity contribution in [1.29, 1.82) is 0 Å². The van der Waals surface area contributed by atoms with Crippen molar-refractivity contribution in [3.05, 3.63) is 51.5 Å². The van der Waals surface area contributed by atoms with Crippen molar-refractivity contribution in [3.63, 3.8) is 0 Å². The Hall–Kier alpha value is -1.71. The number of nitro groups is 1. The lowest BCUT2D eigenvalue weighted by molar-refractivity contribution is -0.445. The minimum absolute atomic E-state index is 0.495. The van der Waals surface area contributed by atoms with Crippen LogP contribution in [0.3, 0.4) is 0 Å². The van der Waals surface area contributed by atoms with Gasteiger partial charge in [-0.3, -0.25) is 10.1 Å². The number of hydrogen-bond acceptors (Lipinski definition) is 2. The van der Waals surface area contributed by atoms with E-state index in [1.54, 1.807) is 18.2 Å². The lowest BCUT2D eigenvalue weighted by Crippen LogP contribution is -1.91. The molecule has 0 saturated heterocycles. The van der Waals surface area contributed by atoms with E-state index in [1.165, 1.54) is 0 Å². The number of benzene rings is 1. The quantitative estimate of drug-likeness (QED) is 0.399. The first-order valence-corrected chi connectivity index (χ1v) is 3.68. The molecule has 68 valence electrons. The average Bonchev–Trinajstić information content (AvgIpc) is 2.04. The lowest BCUT2D eigenvalue weighted by atomic mass is 10.1. The van der Waals surface area contributed by atoms with Gasteiger partial charge >= 0.3 is 5.95 Å². The zero-order valence-corrected chi connectivity index (χ0v) is 7.03. The average molecular weight is 181 g/mol. The van der Waals surface area contributed by atoms with Gasteiger partial charge in [-0.2, -0.15) is 0 Å². The van der Waals surface area contributed by atoms with Crippen molar-refractivity contribution in [1.82, 2.24) is 0 Å². The molecule has 1 aromatic carbocycles. The minimum Gasteiger partial charge on any atom is -0.256 e. The third-order valence-corrected chi connectivity index (χ3v) is 1.50. The van der Waals surface area contributed by atoms with E-state index in [1.807, 2.05) is 13.0 Å². The van der Waals surface area contributed by atoms with E-state index in [4.69, 9.17) is 0 Å². The number of aryl methyl sites for hydroxylation is 1. The second kappa shape index (κ2) is 3.80. The van der Waals surface area contributed by atoms with Gasteiger partial charge in [0.15, 0.2) is 0 Å². The van der Waals surface area contributed by atoms with Crippen LogP contribution in [0.25, 0.3) is 6.08 Å². The Morgan fingerprint density at radius 1 is 1.62 bits per heavy atom. The summed E-state index contributed by atoms with van der Waals surface area (Å²) in [5.41, 5.74) is 1.43. The maximum atomic E-state index is 12.5. The van der Waals surface area contributed by atoms with Crippen LogP contribution in [0.2, 0.25) is 0 Å². The molecule has 0 aliphatic carbocycles. The molecule has 3 nitrogen and oxygen atoms in total.